The lowest BCUT2D eigenvalue weighted by Gasteiger charge is -2.27. The highest BCUT2D eigenvalue weighted by Crippen LogP contribution is 2.49. The zero-order valence-corrected chi connectivity index (χ0v) is 21.7. The Balaban J connectivity index is 1.73. The summed E-state index contributed by atoms with van der Waals surface area (Å²) in [6, 6.07) is 12.6. The third-order valence-electron chi connectivity index (χ3n) is 6.35. The summed E-state index contributed by atoms with van der Waals surface area (Å²) < 4.78 is 50.0. The van der Waals surface area contributed by atoms with Crippen LogP contribution >= 0.6 is 11.7 Å². The highest BCUT2D eigenvalue weighted by Gasteiger charge is 2.49. The lowest BCUT2D eigenvalue weighted by molar-refractivity contribution is -0.185. The van der Waals surface area contributed by atoms with E-state index in [2.05, 4.69) is 8.75 Å². The lowest BCUT2D eigenvalue weighted by atomic mass is 9.87. The van der Waals surface area contributed by atoms with Gasteiger partial charge >= 0.3 is 5.97 Å². The van der Waals surface area contributed by atoms with E-state index in [1.807, 2.05) is 0 Å². The van der Waals surface area contributed by atoms with Crippen LogP contribution < -0.4 is 18.9 Å². The maximum Gasteiger partial charge on any atom is 0.342 e. The van der Waals surface area contributed by atoms with Crippen LogP contribution in [0, 0.1) is 5.82 Å². The van der Waals surface area contributed by atoms with Gasteiger partial charge in [-0.3, -0.25) is 0 Å². The molecule has 0 fully saturated rings. The van der Waals surface area contributed by atoms with E-state index in [1.54, 1.807) is 24.3 Å². The quantitative estimate of drug-likeness (QED) is 0.329. The fourth-order valence-electron chi connectivity index (χ4n) is 4.51. The first-order valence-corrected chi connectivity index (χ1v) is 12.1. The van der Waals surface area contributed by atoms with Gasteiger partial charge in [0.1, 0.15) is 11.0 Å². The number of nitrogens with zero attached hydrogens (tertiary/aromatic N) is 2. The molecule has 38 heavy (non-hydrogen) atoms. The summed E-state index contributed by atoms with van der Waals surface area (Å²) >= 11 is 1.05. The third kappa shape index (κ3) is 4.19. The van der Waals surface area contributed by atoms with Crippen molar-refractivity contribution in [3.8, 4) is 23.0 Å². The molecule has 0 spiro atoms. The second-order valence-electron chi connectivity index (χ2n) is 8.41. The number of rotatable bonds is 8. The molecule has 0 aliphatic carbocycles. The summed E-state index contributed by atoms with van der Waals surface area (Å²) in [5.74, 6) is -2.69. The van der Waals surface area contributed by atoms with Crippen LogP contribution in [0.15, 0.2) is 54.1 Å². The molecule has 0 amide bonds. The Morgan fingerprint density at radius 2 is 1.58 bits per heavy atom. The van der Waals surface area contributed by atoms with Gasteiger partial charge in [-0.2, -0.15) is 8.75 Å². The van der Waals surface area contributed by atoms with Crippen LogP contribution in [0.2, 0.25) is 0 Å². The van der Waals surface area contributed by atoms with E-state index in [0.29, 0.717) is 27.9 Å². The first-order valence-electron chi connectivity index (χ1n) is 11.4. The minimum atomic E-state index is -2.23. The summed E-state index contributed by atoms with van der Waals surface area (Å²) in [5, 5.41) is 12.0. The Morgan fingerprint density at radius 3 is 2.21 bits per heavy atom. The molecule has 1 aliphatic heterocycles. The molecule has 4 aromatic rings. The van der Waals surface area contributed by atoms with Gasteiger partial charge in [0.05, 0.1) is 45.7 Å². The van der Waals surface area contributed by atoms with E-state index >= 15 is 0 Å². The number of ether oxygens (including phenoxy) is 5. The predicted octanol–water partition coefficient (Wildman–Crippen LogP) is 4.26. The Labute approximate surface area is 221 Å². The van der Waals surface area contributed by atoms with Gasteiger partial charge in [-0.05, 0) is 47.5 Å². The Morgan fingerprint density at radius 1 is 0.895 bits per heavy atom. The number of carbonyl (C=O) groups is 1. The Kier molecular flexibility index (Phi) is 6.64. The molecule has 1 aromatic heterocycles. The minimum absolute atomic E-state index is 0.0253. The third-order valence-corrected chi connectivity index (χ3v) is 6.91. The van der Waals surface area contributed by atoms with Crippen LogP contribution in [0.1, 0.15) is 16.7 Å². The Hall–Kier alpha value is -4.22. The van der Waals surface area contributed by atoms with Crippen LogP contribution in [0.25, 0.3) is 16.6 Å². The van der Waals surface area contributed by atoms with E-state index in [1.165, 1.54) is 52.7 Å². The zero-order chi connectivity index (χ0) is 27.0. The van der Waals surface area contributed by atoms with Crippen LogP contribution in [0.3, 0.4) is 0 Å². The predicted molar refractivity (Wildman–Crippen MR) is 137 cm³/mol. The van der Waals surface area contributed by atoms with Crippen LogP contribution in [0.4, 0.5) is 4.39 Å². The van der Waals surface area contributed by atoms with Gasteiger partial charge in [0.15, 0.2) is 23.1 Å². The van der Waals surface area contributed by atoms with Gasteiger partial charge in [-0.1, -0.05) is 12.1 Å². The van der Waals surface area contributed by atoms with Gasteiger partial charge in [0.25, 0.3) is 5.79 Å². The van der Waals surface area contributed by atoms with Gasteiger partial charge in [-0.25, -0.2) is 9.18 Å². The zero-order valence-electron chi connectivity index (χ0n) is 20.9. The highest BCUT2D eigenvalue weighted by atomic mass is 32.1. The van der Waals surface area contributed by atoms with Gasteiger partial charge in [0.2, 0.25) is 5.75 Å². The lowest BCUT2D eigenvalue weighted by Crippen LogP contribution is -2.30. The molecule has 0 radical (unpaired) electrons. The summed E-state index contributed by atoms with van der Waals surface area (Å²) in [7, 11) is 5.70. The average Bonchev–Trinajstić information content (AvgIpc) is 3.49. The van der Waals surface area contributed by atoms with Crippen molar-refractivity contribution in [2.45, 2.75) is 12.2 Å². The van der Waals surface area contributed by atoms with Crippen molar-refractivity contribution < 1.29 is 38.0 Å². The van der Waals surface area contributed by atoms with Crippen molar-refractivity contribution in [1.82, 2.24) is 8.75 Å². The number of halogens is 1. The standard InChI is InChI=1S/C27H23FN2O7S/c1-33-21-8-5-14(10-18(21)28)9-17-24(15-6-7-19-20(11-15)30-38-29-19)26(31)37-27(17,32)16-12-22(34-2)25(36-4)23(13-16)35-3/h5-8,10-13,32H,9H2,1-4H3. The summed E-state index contributed by atoms with van der Waals surface area (Å²) in [5.41, 5.74) is 2.71. The van der Waals surface area contributed by atoms with E-state index in [-0.39, 0.29) is 40.4 Å². The molecule has 1 unspecified atom stereocenters. The fourth-order valence-corrected chi connectivity index (χ4v) is 5.03. The fraction of sp³-hybridized carbons (Fsp3) is 0.222. The summed E-state index contributed by atoms with van der Waals surface area (Å²) in [6.07, 6.45) is -0.0253. The monoisotopic (exact) mass is 538 g/mol. The number of benzene rings is 3. The molecular weight excluding hydrogens is 515 g/mol. The van der Waals surface area contributed by atoms with Gasteiger partial charge < -0.3 is 28.8 Å². The molecular formula is C27H23FN2O7S. The topological polar surface area (TPSA) is 109 Å². The van der Waals surface area contributed by atoms with E-state index < -0.39 is 17.6 Å². The van der Waals surface area contributed by atoms with Crippen molar-refractivity contribution in [2.24, 2.45) is 0 Å². The van der Waals surface area contributed by atoms with Crippen molar-refractivity contribution in [1.29, 1.82) is 0 Å². The molecule has 1 N–H and O–H groups in total. The number of esters is 1. The maximum absolute atomic E-state index is 14.6. The molecule has 5 rings (SSSR count). The number of hydrogen-bond donors (Lipinski definition) is 1. The second kappa shape index (κ2) is 9.92. The first-order chi connectivity index (χ1) is 18.3. The normalized spacial score (nSPS) is 17.1. The molecule has 196 valence electrons. The molecule has 11 heteroatoms. The second-order valence-corrected chi connectivity index (χ2v) is 8.94. The smallest absolute Gasteiger partial charge is 0.342 e. The number of fused-ring (bicyclic) bond motifs is 1. The van der Waals surface area contributed by atoms with Crippen molar-refractivity contribution in [2.75, 3.05) is 28.4 Å². The van der Waals surface area contributed by atoms with Crippen LogP contribution in [0.5, 0.6) is 23.0 Å². The largest absolute Gasteiger partial charge is 0.494 e. The average molecular weight is 539 g/mol. The minimum Gasteiger partial charge on any atom is -0.494 e. The molecule has 1 atom stereocenters. The van der Waals surface area contributed by atoms with E-state index in [0.717, 1.165) is 11.7 Å². The number of aliphatic hydroxyl groups is 1. The maximum atomic E-state index is 14.6. The van der Waals surface area contributed by atoms with Gasteiger partial charge in [0, 0.05) is 17.6 Å². The van der Waals surface area contributed by atoms with Crippen molar-refractivity contribution in [3.63, 3.8) is 0 Å². The van der Waals surface area contributed by atoms with E-state index in [4.69, 9.17) is 23.7 Å². The number of cyclic esters (lactones) is 1. The van der Waals surface area contributed by atoms with Crippen molar-refractivity contribution in [3.05, 3.63) is 76.6 Å². The number of carbonyl (C=O) groups excluding carboxylic acids is 1. The summed E-state index contributed by atoms with van der Waals surface area (Å²) in [4.78, 5) is 13.4. The number of hydrogen-bond acceptors (Lipinski definition) is 10. The molecule has 2 heterocycles. The molecule has 9 nitrogen and oxygen atoms in total. The van der Waals surface area contributed by atoms with Crippen molar-refractivity contribution >= 4 is 34.3 Å². The molecule has 0 bridgehead atoms. The first kappa shape index (κ1) is 25.4. The molecule has 0 saturated carbocycles. The summed E-state index contributed by atoms with van der Waals surface area (Å²) in [6.45, 7) is 0. The number of aromatic nitrogens is 2. The Bertz CT molecular complexity index is 1560. The SMILES string of the molecule is COc1ccc(CC2=C(c3ccc4nsnc4c3)C(=O)OC2(O)c2cc(OC)c(OC)c(OC)c2)cc1F. The molecule has 1 aliphatic rings. The molecule has 0 saturated heterocycles. The van der Waals surface area contributed by atoms with E-state index in [9.17, 15) is 14.3 Å². The van der Waals surface area contributed by atoms with Crippen LogP contribution in [-0.4, -0.2) is 48.3 Å². The van der Waals surface area contributed by atoms with Gasteiger partial charge in [-0.15, -0.1) is 0 Å². The molecule has 3 aromatic carbocycles. The van der Waals surface area contributed by atoms with Crippen LogP contribution in [-0.2, 0) is 21.7 Å². The number of methoxy groups -OCH3 is 4. The highest BCUT2D eigenvalue weighted by molar-refractivity contribution is 7.00.